The zero-order valence-corrected chi connectivity index (χ0v) is 12.1. The molecule has 0 amide bonds. The van der Waals surface area contributed by atoms with Gasteiger partial charge in [-0.2, -0.15) is 0 Å². The maximum atomic E-state index is 8.88. The molecule has 0 saturated heterocycles. The van der Waals surface area contributed by atoms with Crippen molar-refractivity contribution in [3.05, 3.63) is 28.2 Å². The molecule has 0 bridgehead atoms. The van der Waals surface area contributed by atoms with Gasteiger partial charge in [-0.1, -0.05) is 28.9 Å². The molecular weight excluding hydrogens is 286 g/mol. The highest BCUT2D eigenvalue weighted by Gasteiger charge is 2.10. The van der Waals surface area contributed by atoms with Crippen LogP contribution >= 0.6 is 27.7 Å². The molecule has 0 aromatic heterocycles. The van der Waals surface area contributed by atoms with Crippen molar-refractivity contribution in [1.29, 1.82) is 0 Å². The maximum Gasteiger partial charge on any atom is 0.0525 e. The highest BCUT2D eigenvalue weighted by Crippen LogP contribution is 2.30. The number of hydrogen-bond acceptors (Lipinski definition) is 3. The Labute approximate surface area is 110 Å². The van der Waals surface area contributed by atoms with Gasteiger partial charge in [0.25, 0.3) is 0 Å². The topological polar surface area (TPSA) is 32.3 Å². The Morgan fingerprint density at radius 2 is 2.25 bits per heavy atom. The van der Waals surface area contributed by atoms with Gasteiger partial charge >= 0.3 is 0 Å². The molecule has 0 saturated carbocycles. The van der Waals surface area contributed by atoms with Gasteiger partial charge < -0.3 is 10.4 Å². The number of thioether (sulfide) groups is 1. The van der Waals surface area contributed by atoms with Gasteiger partial charge in [-0.05, 0) is 31.2 Å². The van der Waals surface area contributed by atoms with Crippen molar-refractivity contribution < 1.29 is 5.11 Å². The predicted octanol–water partition coefficient (Wildman–Crippen LogP) is 3.20. The lowest BCUT2D eigenvalue weighted by Crippen LogP contribution is -2.18. The summed E-state index contributed by atoms with van der Waals surface area (Å²) in [5.74, 6) is 0.738. The first kappa shape index (κ1) is 14.0. The molecular formula is C12H18BrNOS. The summed E-state index contributed by atoms with van der Waals surface area (Å²) in [6.07, 6.45) is 0. The van der Waals surface area contributed by atoms with Gasteiger partial charge in [-0.15, -0.1) is 11.8 Å². The highest BCUT2D eigenvalue weighted by atomic mass is 79.9. The molecule has 16 heavy (non-hydrogen) atoms. The molecule has 1 aromatic rings. The van der Waals surface area contributed by atoms with Crippen LogP contribution in [0.15, 0.2) is 27.6 Å². The van der Waals surface area contributed by atoms with Gasteiger partial charge in [0.2, 0.25) is 0 Å². The Morgan fingerprint density at radius 1 is 1.50 bits per heavy atom. The maximum absolute atomic E-state index is 8.88. The van der Waals surface area contributed by atoms with Crippen molar-refractivity contribution in [2.24, 2.45) is 0 Å². The lowest BCUT2D eigenvalue weighted by Gasteiger charge is -2.17. The average molecular weight is 304 g/mol. The third-order valence-corrected chi connectivity index (χ3v) is 3.85. The molecule has 0 aliphatic heterocycles. The van der Waals surface area contributed by atoms with Gasteiger partial charge in [0, 0.05) is 21.2 Å². The van der Waals surface area contributed by atoms with Gasteiger partial charge in [0.05, 0.1) is 6.61 Å². The first-order chi connectivity index (χ1) is 7.69. The molecule has 1 rings (SSSR count). The van der Waals surface area contributed by atoms with Crippen LogP contribution in [0.5, 0.6) is 0 Å². The number of benzene rings is 1. The molecule has 0 aliphatic carbocycles. The van der Waals surface area contributed by atoms with E-state index in [0.717, 1.165) is 16.8 Å². The second-order valence-corrected chi connectivity index (χ2v) is 5.59. The molecule has 2 N–H and O–H groups in total. The second kappa shape index (κ2) is 7.33. The molecule has 0 spiro atoms. The lowest BCUT2D eigenvalue weighted by molar-refractivity contribution is 0.322. The Morgan fingerprint density at radius 3 is 2.88 bits per heavy atom. The Hall–Kier alpha value is -0.0300. The van der Waals surface area contributed by atoms with Gasteiger partial charge in [0.15, 0.2) is 0 Å². The molecule has 1 atom stereocenters. The van der Waals surface area contributed by atoms with E-state index in [1.54, 1.807) is 11.8 Å². The van der Waals surface area contributed by atoms with Crippen molar-refractivity contribution in [3.63, 3.8) is 0 Å². The van der Waals surface area contributed by atoms with Gasteiger partial charge in [0.1, 0.15) is 0 Å². The van der Waals surface area contributed by atoms with Crippen LogP contribution in [0.25, 0.3) is 0 Å². The SMILES string of the molecule is CCNC(C)c1ccc(Br)cc1SCCO. The van der Waals surface area contributed by atoms with Crippen LogP contribution in [0.2, 0.25) is 0 Å². The van der Waals surface area contributed by atoms with E-state index in [0.29, 0.717) is 6.04 Å². The van der Waals surface area contributed by atoms with Crippen molar-refractivity contribution >= 4 is 27.7 Å². The molecule has 0 aliphatic rings. The first-order valence-electron chi connectivity index (χ1n) is 5.45. The molecule has 90 valence electrons. The van der Waals surface area contributed by atoms with E-state index in [-0.39, 0.29) is 6.61 Å². The fraction of sp³-hybridized carbons (Fsp3) is 0.500. The first-order valence-corrected chi connectivity index (χ1v) is 7.23. The summed E-state index contributed by atoms with van der Waals surface area (Å²) in [7, 11) is 0. The third kappa shape index (κ3) is 4.09. The van der Waals surface area contributed by atoms with E-state index in [9.17, 15) is 0 Å². The van der Waals surface area contributed by atoms with Crippen LogP contribution in [-0.2, 0) is 0 Å². The van der Waals surface area contributed by atoms with Crippen LogP contribution in [-0.4, -0.2) is 24.0 Å². The second-order valence-electron chi connectivity index (χ2n) is 3.53. The molecule has 2 nitrogen and oxygen atoms in total. The summed E-state index contributed by atoms with van der Waals surface area (Å²) in [4.78, 5) is 1.23. The number of nitrogens with one attached hydrogen (secondary N) is 1. The third-order valence-electron chi connectivity index (χ3n) is 2.30. The smallest absolute Gasteiger partial charge is 0.0525 e. The van der Waals surface area contributed by atoms with Crippen LogP contribution in [0.3, 0.4) is 0 Å². The van der Waals surface area contributed by atoms with E-state index in [2.05, 4.69) is 53.3 Å². The Kier molecular flexibility index (Phi) is 6.43. The zero-order chi connectivity index (χ0) is 12.0. The summed E-state index contributed by atoms with van der Waals surface area (Å²) >= 11 is 5.18. The summed E-state index contributed by atoms with van der Waals surface area (Å²) in [6.45, 7) is 5.44. The monoisotopic (exact) mass is 303 g/mol. The fourth-order valence-electron chi connectivity index (χ4n) is 1.56. The van der Waals surface area contributed by atoms with Crippen molar-refractivity contribution in [2.45, 2.75) is 24.8 Å². The fourth-order valence-corrected chi connectivity index (χ4v) is 3.01. The normalized spacial score (nSPS) is 12.8. The Bertz CT molecular complexity index is 333. The lowest BCUT2D eigenvalue weighted by atomic mass is 10.1. The Balaban J connectivity index is 2.88. The van der Waals surface area contributed by atoms with Crippen LogP contribution in [0.1, 0.15) is 25.5 Å². The van der Waals surface area contributed by atoms with Gasteiger partial charge in [-0.25, -0.2) is 0 Å². The van der Waals surface area contributed by atoms with Crippen LogP contribution in [0.4, 0.5) is 0 Å². The molecule has 1 unspecified atom stereocenters. The standard InChI is InChI=1S/C12H18BrNOS/c1-3-14-9(2)11-5-4-10(13)8-12(11)16-7-6-15/h4-5,8-9,14-15H,3,6-7H2,1-2H3. The van der Waals surface area contributed by atoms with E-state index in [1.807, 2.05) is 0 Å². The number of aliphatic hydroxyl groups excluding tert-OH is 1. The molecule has 0 heterocycles. The summed E-state index contributed by atoms with van der Waals surface area (Å²) in [5.41, 5.74) is 1.29. The van der Waals surface area contributed by atoms with Crippen molar-refractivity contribution in [2.75, 3.05) is 18.9 Å². The number of halogens is 1. The summed E-state index contributed by atoms with van der Waals surface area (Å²) < 4.78 is 1.08. The van der Waals surface area contributed by atoms with Crippen LogP contribution < -0.4 is 5.32 Å². The highest BCUT2D eigenvalue weighted by molar-refractivity contribution is 9.10. The van der Waals surface area contributed by atoms with E-state index < -0.39 is 0 Å². The number of aliphatic hydroxyl groups is 1. The van der Waals surface area contributed by atoms with E-state index in [4.69, 9.17) is 5.11 Å². The van der Waals surface area contributed by atoms with Crippen molar-refractivity contribution in [3.8, 4) is 0 Å². The predicted molar refractivity (Wildman–Crippen MR) is 74.0 cm³/mol. The summed E-state index contributed by atoms with van der Waals surface area (Å²) in [5, 5.41) is 12.3. The van der Waals surface area contributed by atoms with Crippen molar-refractivity contribution in [1.82, 2.24) is 5.32 Å². The van der Waals surface area contributed by atoms with Crippen LogP contribution in [0, 0.1) is 0 Å². The minimum Gasteiger partial charge on any atom is -0.396 e. The zero-order valence-electron chi connectivity index (χ0n) is 9.66. The number of rotatable bonds is 6. The molecule has 0 radical (unpaired) electrons. The quantitative estimate of drug-likeness (QED) is 0.792. The minimum absolute atomic E-state index is 0.214. The summed E-state index contributed by atoms with van der Waals surface area (Å²) in [6, 6.07) is 6.66. The van der Waals surface area contributed by atoms with E-state index >= 15 is 0 Å². The van der Waals surface area contributed by atoms with Gasteiger partial charge in [-0.3, -0.25) is 0 Å². The number of hydrogen-bond donors (Lipinski definition) is 2. The minimum atomic E-state index is 0.214. The largest absolute Gasteiger partial charge is 0.396 e. The molecule has 1 aromatic carbocycles. The molecule has 4 heteroatoms. The van der Waals surface area contributed by atoms with E-state index in [1.165, 1.54) is 10.5 Å². The molecule has 0 fully saturated rings. The average Bonchev–Trinajstić information content (AvgIpc) is 2.26.